The molecule has 1 unspecified atom stereocenters. The lowest BCUT2D eigenvalue weighted by Gasteiger charge is -2.17. The zero-order valence-electron chi connectivity index (χ0n) is 17.7. The number of aryl methyl sites for hydroxylation is 1. The maximum atomic E-state index is 12.7. The third-order valence-electron chi connectivity index (χ3n) is 5.40. The van der Waals surface area contributed by atoms with Crippen LogP contribution in [0.25, 0.3) is 22.3 Å². The number of hydrogen-bond donors (Lipinski definition) is 3. The van der Waals surface area contributed by atoms with E-state index in [1.54, 1.807) is 24.5 Å². The van der Waals surface area contributed by atoms with Crippen LogP contribution in [0.2, 0.25) is 0 Å². The fourth-order valence-electron chi connectivity index (χ4n) is 3.61. The standard InChI is InChI=1S/C26H24N4O2/c1-17-14-28-12-11-22(17)21-13-23(25(27)29-15-21)18-7-9-20(10-8-18)26(32)30-24(16-31)19-5-3-2-4-6-19/h2-15,24,31H,16H2,1H3,(H2,27,29)(H,30,32). The van der Waals surface area contributed by atoms with Gasteiger partial charge in [0.05, 0.1) is 12.6 Å². The first-order valence-electron chi connectivity index (χ1n) is 10.3. The minimum atomic E-state index is -0.469. The number of pyridine rings is 2. The fourth-order valence-corrected chi connectivity index (χ4v) is 3.61. The van der Waals surface area contributed by atoms with Crippen molar-refractivity contribution in [2.45, 2.75) is 13.0 Å². The number of aromatic nitrogens is 2. The Labute approximate surface area is 186 Å². The lowest BCUT2D eigenvalue weighted by atomic mass is 9.98. The summed E-state index contributed by atoms with van der Waals surface area (Å²) in [6.07, 6.45) is 5.32. The van der Waals surface area contributed by atoms with E-state index in [0.717, 1.165) is 33.4 Å². The fraction of sp³-hybridized carbons (Fsp3) is 0.115. The van der Waals surface area contributed by atoms with E-state index in [0.29, 0.717) is 11.4 Å². The van der Waals surface area contributed by atoms with Gasteiger partial charge in [-0.25, -0.2) is 4.98 Å². The first kappa shape index (κ1) is 21.2. The first-order valence-corrected chi connectivity index (χ1v) is 10.3. The van der Waals surface area contributed by atoms with Crippen molar-refractivity contribution in [3.05, 3.63) is 102 Å². The second kappa shape index (κ2) is 9.41. The van der Waals surface area contributed by atoms with Crippen molar-refractivity contribution in [2.24, 2.45) is 0 Å². The van der Waals surface area contributed by atoms with Crippen LogP contribution in [-0.2, 0) is 0 Å². The number of rotatable bonds is 6. The molecule has 0 saturated heterocycles. The number of carbonyl (C=O) groups excluding carboxylic acids is 1. The van der Waals surface area contributed by atoms with Crippen LogP contribution in [0.5, 0.6) is 0 Å². The van der Waals surface area contributed by atoms with Crippen LogP contribution in [-0.4, -0.2) is 27.6 Å². The molecule has 4 aromatic rings. The zero-order valence-corrected chi connectivity index (χ0v) is 17.7. The van der Waals surface area contributed by atoms with E-state index in [-0.39, 0.29) is 12.5 Å². The van der Waals surface area contributed by atoms with E-state index in [4.69, 9.17) is 5.73 Å². The summed E-state index contributed by atoms with van der Waals surface area (Å²) in [5.74, 6) is 0.161. The van der Waals surface area contributed by atoms with E-state index in [2.05, 4.69) is 15.3 Å². The molecule has 0 aliphatic heterocycles. The van der Waals surface area contributed by atoms with Gasteiger partial charge in [-0.15, -0.1) is 0 Å². The van der Waals surface area contributed by atoms with Crippen molar-refractivity contribution in [1.29, 1.82) is 0 Å². The number of benzene rings is 2. The van der Waals surface area contributed by atoms with E-state index >= 15 is 0 Å². The Hall–Kier alpha value is -4.03. The summed E-state index contributed by atoms with van der Waals surface area (Å²) in [5, 5.41) is 12.6. The molecule has 1 amide bonds. The van der Waals surface area contributed by atoms with Gasteiger partial charge in [0.2, 0.25) is 0 Å². The van der Waals surface area contributed by atoms with Gasteiger partial charge in [-0.2, -0.15) is 0 Å². The van der Waals surface area contributed by atoms with Crippen LogP contribution in [0, 0.1) is 6.92 Å². The highest BCUT2D eigenvalue weighted by Crippen LogP contribution is 2.31. The number of carbonyl (C=O) groups is 1. The van der Waals surface area contributed by atoms with Gasteiger partial charge in [0.1, 0.15) is 5.82 Å². The van der Waals surface area contributed by atoms with Crippen molar-refractivity contribution in [3.8, 4) is 22.3 Å². The third-order valence-corrected chi connectivity index (χ3v) is 5.40. The second-order valence-electron chi connectivity index (χ2n) is 7.54. The van der Waals surface area contributed by atoms with Gasteiger partial charge in [0.15, 0.2) is 0 Å². The summed E-state index contributed by atoms with van der Waals surface area (Å²) in [5.41, 5.74) is 12.2. The molecule has 0 fully saturated rings. The molecule has 32 heavy (non-hydrogen) atoms. The summed E-state index contributed by atoms with van der Waals surface area (Å²) in [7, 11) is 0. The number of amides is 1. The number of aliphatic hydroxyl groups excluding tert-OH is 1. The molecule has 0 aliphatic rings. The Morgan fingerprint density at radius 1 is 1.00 bits per heavy atom. The second-order valence-corrected chi connectivity index (χ2v) is 7.54. The Morgan fingerprint density at radius 3 is 2.44 bits per heavy atom. The van der Waals surface area contributed by atoms with Crippen LogP contribution in [0.1, 0.15) is 27.5 Å². The molecule has 2 aromatic carbocycles. The topological polar surface area (TPSA) is 101 Å². The summed E-state index contributed by atoms with van der Waals surface area (Å²) < 4.78 is 0. The summed E-state index contributed by atoms with van der Waals surface area (Å²) in [6, 6.07) is 20.0. The van der Waals surface area contributed by atoms with Crippen LogP contribution in [0.4, 0.5) is 5.82 Å². The highest BCUT2D eigenvalue weighted by Gasteiger charge is 2.15. The minimum absolute atomic E-state index is 0.183. The maximum Gasteiger partial charge on any atom is 0.251 e. The normalized spacial score (nSPS) is 11.7. The number of hydrogen-bond acceptors (Lipinski definition) is 5. The molecular weight excluding hydrogens is 400 g/mol. The lowest BCUT2D eigenvalue weighted by molar-refractivity contribution is 0.0916. The van der Waals surface area contributed by atoms with Gasteiger partial charge in [-0.1, -0.05) is 42.5 Å². The number of nitrogen functional groups attached to an aromatic ring is 1. The Kier molecular flexibility index (Phi) is 6.24. The van der Waals surface area contributed by atoms with Crippen LogP contribution < -0.4 is 11.1 Å². The van der Waals surface area contributed by atoms with E-state index in [1.807, 2.05) is 67.7 Å². The predicted octanol–water partition coefficient (Wildman–Crippen LogP) is 4.16. The number of nitrogens with one attached hydrogen (secondary N) is 1. The molecule has 4 rings (SSSR count). The van der Waals surface area contributed by atoms with Crippen molar-refractivity contribution < 1.29 is 9.90 Å². The maximum absolute atomic E-state index is 12.7. The van der Waals surface area contributed by atoms with Crippen molar-refractivity contribution >= 4 is 11.7 Å². The molecule has 160 valence electrons. The average Bonchev–Trinajstić information content (AvgIpc) is 2.84. The Balaban J connectivity index is 1.57. The van der Waals surface area contributed by atoms with Gasteiger partial charge < -0.3 is 16.2 Å². The smallest absolute Gasteiger partial charge is 0.251 e. The van der Waals surface area contributed by atoms with Crippen LogP contribution >= 0.6 is 0 Å². The molecule has 1 atom stereocenters. The molecular formula is C26H24N4O2. The molecule has 2 aromatic heterocycles. The van der Waals surface area contributed by atoms with Crippen molar-refractivity contribution in [1.82, 2.24) is 15.3 Å². The molecule has 0 saturated carbocycles. The Bertz CT molecular complexity index is 1220. The summed E-state index contributed by atoms with van der Waals surface area (Å²) >= 11 is 0. The zero-order chi connectivity index (χ0) is 22.5. The summed E-state index contributed by atoms with van der Waals surface area (Å²) in [4.78, 5) is 21.2. The van der Waals surface area contributed by atoms with E-state index in [9.17, 15) is 9.90 Å². The number of aliphatic hydroxyl groups is 1. The van der Waals surface area contributed by atoms with Crippen LogP contribution in [0.3, 0.4) is 0 Å². The molecule has 2 heterocycles. The van der Waals surface area contributed by atoms with Crippen LogP contribution in [0.15, 0.2) is 85.3 Å². The lowest BCUT2D eigenvalue weighted by Crippen LogP contribution is -2.30. The van der Waals surface area contributed by atoms with Gasteiger partial charge in [-0.05, 0) is 53.4 Å². The molecule has 6 nitrogen and oxygen atoms in total. The average molecular weight is 425 g/mol. The number of nitrogens with two attached hydrogens (primary N) is 1. The molecule has 4 N–H and O–H groups in total. The molecule has 0 spiro atoms. The first-order chi connectivity index (χ1) is 15.6. The SMILES string of the molecule is Cc1cnccc1-c1cnc(N)c(-c2ccc(C(=O)NC(CO)c3ccccc3)cc2)c1. The molecule has 0 radical (unpaired) electrons. The van der Waals surface area contributed by atoms with Crippen molar-refractivity contribution in [2.75, 3.05) is 12.3 Å². The number of anilines is 1. The van der Waals surface area contributed by atoms with E-state index in [1.165, 1.54) is 0 Å². The summed E-state index contributed by atoms with van der Waals surface area (Å²) in [6.45, 7) is 1.82. The predicted molar refractivity (Wildman–Crippen MR) is 126 cm³/mol. The van der Waals surface area contributed by atoms with Gasteiger partial charge in [-0.3, -0.25) is 9.78 Å². The molecule has 0 bridgehead atoms. The van der Waals surface area contributed by atoms with Gasteiger partial charge >= 0.3 is 0 Å². The van der Waals surface area contributed by atoms with Gasteiger partial charge in [0.25, 0.3) is 5.91 Å². The van der Waals surface area contributed by atoms with Gasteiger partial charge in [0, 0.05) is 35.3 Å². The molecule has 0 aliphatic carbocycles. The quantitative estimate of drug-likeness (QED) is 0.431. The highest BCUT2D eigenvalue weighted by molar-refractivity contribution is 5.95. The molecule has 6 heteroatoms. The third kappa shape index (κ3) is 4.50. The number of nitrogens with zero attached hydrogens (tertiary/aromatic N) is 2. The largest absolute Gasteiger partial charge is 0.394 e. The monoisotopic (exact) mass is 424 g/mol. The highest BCUT2D eigenvalue weighted by atomic mass is 16.3. The minimum Gasteiger partial charge on any atom is -0.394 e. The van der Waals surface area contributed by atoms with Crippen molar-refractivity contribution in [3.63, 3.8) is 0 Å². The Morgan fingerprint density at radius 2 is 1.75 bits per heavy atom. The van der Waals surface area contributed by atoms with E-state index < -0.39 is 6.04 Å².